The monoisotopic (exact) mass is 537 g/mol. The van der Waals surface area contributed by atoms with Crippen molar-refractivity contribution in [3.05, 3.63) is 59.7 Å². The number of ether oxygens (including phenoxy) is 2. The van der Waals surface area contributed by atoms with Gasteiger partial charge in [-0.1, -0.05) is 24.3 Å². The Hall–Kier alpha value is -3.92. The molecule has 0 saturated carbocycles. The SMILES string of the molecule is CCOCC(=O)N1CCC2(CC1)Cc1cccc(c1)Oc1ccc(cc1)C[C@@H](C(=O)O)NC(=O)CCNC2=O. The maximum atomic E-state index is 13.6. The van der Waals surface area contributed by atoms with Crippen molar-refractivity contribution in [3.63, 3.8) is 0 Å². The number of fused-ring (bicyclic) bond motifs is 9. The van der Waals surface area contributed by atoms with Crippen LogP contribution in [-0.4, -0.2) is 72.6 Å². The fourth-order valence-electron chi connectivity index (χ4n) is 5.07. The van der Waals surface area contributed by atoms with Gasteiger partial charge in [0.25, 0.3) is 0 Å². The summed E-state index contributed by atoms with van der Waals surface area (Å²) in [5.74, 6) is -0.675. The number of benzene rings is 2. The minimum absolute atomic E-state index is 0.0164. The molecule has 1 atom stereocenters. The van der Waals surface area contributed by atoms with Crippen LogP contribution in [0.25, 0.3) is 0 Å². The van der Waals surface area contributed by atoms with E-state index < -0.39 is 23.3 Å². The quantitative estimate of drug-likeness (QED) is 0.545. The van der Waals surface area contributed by atoms with Gasteiger partial charge < -0.3 is 30.1 Å². The minimum Gasteiger partial charge on any atom is -0.480 e. The van der Waals surface area contributed by atoms with E-state index in [4.69, 9.17) is 9.47 Å². The Bertz CT molecular complexity index is 1190. The molecule has 3 heterocycles. The van der Waals surface area contributed by atoms with Crippen LogP contribution in [0, 0.1) is 5.41 Å². The van der Waals surface area contributed by atoms with E-state index in [2.05, 4.69) is 10.6 Å². The predicted molar refractivity (Wildman–Crippen MR) is 142 cm³/mol. The number of amides is 3. The van der Waals surface area contributed by atoms with Gasteiger partial charge in [-0.05, 0) is 61.6 Å². The molecule has 0 aromatic heterocycles. The third-order valence-electron chi connectivity index (χ3n) is 7.30. The normalized spacial score (nSPS) is 19.8. The molecule has 1 saturated heterocycles. The summed E-state index contributed by atoms with van der Waals surface area (Å²) in [6.45, 7) is 3.21. The molecule has 3 aliphatic rings. The Morgan fingerprint density at radius 2 is 1.82 bits per heavy atom. The lowest BCUT2D eigenvalue weighted by molar-refractivity contribution is -0.143. The number of piperidine rings is 1. The summed E-state index contributed by atoms with van der Waals surface area (Å²) < 4.78 is 11.3. The summed E-state index contributed by atoms with van der Waals surface area (Å²) >= 11 is 0. The number of likely N-dealkylation sites (tertiary alicyclic amines) is 1. The van der Waals surface area contributed by atoms with Gasteiger partial charge in [0, 0.05) is 39.1 Å². The van der Waals surface area contributed by atoms with Gasteiger partial charge in [0.1, 0.15) is 24.1 Å². The summed E-state index contributed by atoms with van der Waals surface area (Å²) in [5, 5.41) is 15.1. The van der Waals surface area contributed by atoms with Crippen molar-refractivity contribution in [2.75, 3.05) is 32.8 Å². The second-order valence-electron chi connectivity index (χ2n) is 10.0. The molecular weight excluding hydrogens is 502 g/mol. The van der Waals surface area contributed by atoms with Crippen LogP contribution >= 0.6 is 0 Å². The average molecular weight is 538 g/mol. The number of carbonyl (C=O) groups excluding carboxylic acids is 3. The van der Waals surface area contributed by atoms with E-state index in [9.17, 15) is 24.3 Å². The number of carboxylic acids is 1. The highest BCUT2D eigenvalue weighted by atomic mass is 16.5. The summed E-state index contributed by atoms with van der Waals surface area (Å²) in [6, 6.07) is 13.6. The van der Waals surface area contributed by atoms with Crippen molar-refractivity contribution in [1.82, 2.24) is 15.5 Å². The lowest BCUT2D eigenvalue weighted by Gasteiger charge is -2.41. The van der Waals surface area contributed by atoms with Crippen molar-refractivity contribution in [2.24, 2.45) is 5.41 Å². The van der Waals surface area contributed by atoms with Crippen molar-refractivity contribution < 1.29 is 33.8 Å². The first-order chi connectivity index (χ1) is 18.8. The van der Waals surface area contributed by atoms with Crippen LogP contribution in [-0.2, 0) is 36.8 Å². The first-order valence-electron chi connectivity index (χ1n) is 13.3. The fraction of sp³-hybridized carbons (Fsp3) is 0.448. The van der Waals surface area contributed by atoms with E-state index in [1.807, 2.05) is 31.2 Å². The Balaban J connectivity index is 1.59. The summed E-state index contributed by atoms with van der Waals surface area (Å²) in [7, 11) is 0. The second kappa shape index (κ2) is 12.8. The van der Waals surface area contributed by atoms with E-state index >= 15 is 0 Å². The second-order valence-corrected chi connectivity index (χ2v) is 10.0. The van der Waals surface area contributed by atoms with Gasteiger partial charge >= 0.3 is 5.97 Å². The van der Waals surface area contributed by atoms with E-state index in [-0.39, 0.29) is 37.8 Å². The molecule has 0 aliphatic carbocycles. The smallest absolute Gasteiger partial charge is 0.326 e. The Morgan fingerprint density at radius 1 is 1.08 bits per heavy atom. The molecule has 1 spiro atoms. The van der Waals surface area contributed by atoms with E-state index in [1.54, 1.807) is 29.2 Å². The van der Waals surface area contributed by atoms with Gasteiger partial charge in [0.2, 0.25) is 17.7 Å². The van der Waals surface area contributed by atoms with Gasteiger partial charge in [-0.25, -0.2) is 4.79 Å². The molecule has 10 heteroatoms. The first-order valence-corrected chi connectivity index (χ1v) is 13.3. The average Bonchev–Trinajstić information content (AvgIpc) is 2.92. The number of carbonyl (C=O) groups is 4. The van der Waals surface area contributed by atoms with Gasteiger partial charge in [0.15, 0.2) is 0 Å². The van der Waals surface area contributed by atoms with Gasteiger partial charge in [-0.3, -0.25) is 14.4 Å². The molecule has 0 unspecified atom stereocenters. The third kappa shape index (κ3) is 7.35. The predicted octanol–water partition coefficient (Wildman–Crippen LogP) is 2.30. The lowest BCUT2D eigenvalue weighted by atomic mass is 9.73. The molecule has 208 valence electrons. The number of rotatable bonds is 4. The Kier molecular flexibility index (Phi) is 9.19. The number of nitrogens with one attached hydrogen (secondary N) is 2. The van der Waals surface area contributed by atoms with Crippen LogP contribution in [0.4, 0.5) is 0 Å². The number of hydrogen-bond acceptors (Lipinski definition) is 6. The molecule has 3 N–H and O–H groups in total. The standard InChI is InChI=1S/C29H35N3O7/c1-2-38-19-26(34)32-14-11-29(12-15-32)18-21-4-3-5-23(16-21)39-22-8-6-20(7-9-22)17-24(27(35)36)31-25(33)10-13-30-28(29)37/h3-9,16,24H,2,10-15,17-19H2,1H3,(H,30,37)(H,31,33)(H,35,36)/t24-/m0/s1. The molecule has 1 fully saturated rings. The van der Waals surface area contributed by atoms with Crippen molar-refractivity contribution in [3.8, 4) is 11.5 Å². The summed E-state index contributed by atoms with van der Waals surface area (Å²) in [6.07, 6.45) is 1.42. The molecule has 2 aromatic rings. The zero-order chi connectivity index (χ0) is 27.8. The van der Waals surface area contributed by atoms with Crippen LogP contribution in [0.5, 0.6) is 11.5 Å². The summed E-state index contributed by atoms with van der Waals surface area (Å²) in [4.78, 5) is 52.1. The zero-order valence-corrected chi connectivity index (χ0v) is 22.1. The molecule has 5 rings (SSSR count). The Labute approximate surface area is 227 Å². The third-order valence-corrected chi connectivity index (χ3v) is 7.30. The van der Waals surface area contributed by atoms with E-state index in [0.717, 1.165) is 11.1 Å². The van der Waals surface area contributed by atoms with Crippen LogP contribution in [0.3, 0.4) is 0 Å². The number of nitrogens with zero attached hydrogens (tertiary/aromatic N) is 1. The molecule has 4 bridgehead atoms. The zero-order valence-electron chi connectivity index (χ0n) is 22.1. The molecule has 0 radical (unpaired) electrons. The highest BCUT2D eigenvalue weighted by Gasteiger charge is 2.42. The van der Waals surface area contributed by atoms with Gasteiger partial charge in [-0.2, -0.15) is 0 Å². The maximum Gasteiger partial charge on any atom is 0.326 e. The fourth-order valence-corrected chi connectivity index (χ4v) is 5.07. The number of aliphatic carboxylic acids is 1. The van der Waals surface area contributed by atoms with Gasteiger partial charge in [-0.15, -0.1) is 0 Å². The molecule has 2 aromatic carbocycles. The molecule has 39 heavy (non-hydrogen) atoms. The molecule has 3 amide bonds. The number of carboxylic acid groups (broad SMARTS) is 1. The van der Waals surface area contributed by atoms with Crippen LogP contribution in [0.15, 0.2) is 48.5 Å². The Morgan fingerprint density at radius 3 is 2.51 bits per heavy atom. The topological polar surface area (TPSA) is 134 Å². The maximum absolute atomic E-state index is 13.6. The molecular formula is C29H35N3O7. The van der Waals surface area contributed by atoms with Gasteiger partial charge in [0.05, 0.1) is 5.41 Å². The van der Waals surface area contributed by atoms with E-state index in [1.165, 1.54) is 0 Å². The summed E-state index contributed by atoms with van der Waals surface area (Å²) in [5.41, 5.74) is 0.886. The largest absolute Gasteiger partial charge is 0.480 e. The highest BCUT2D eigenvalue weighted by Crippen LogP contribution is 2.37. The van der Waals surface area contributed by atoms with Crippen molar-refractivity contribution in [1.29, 1.82) is 0 Å². The van der Waals surface area contributed by atoms with E-state index in [0.29, 0.717) is 50.5 Å². The van der Waals surface area contributed by atoms with Crippen LogP contribution < -0.4 is 15.4 Å². The first kappa shape index (κ1) is 28.1. The van der Waals surface area contributed by atoms with Crippen LogP contribution in [0.2, 0.25) is 0 Å². The van der Waals surface area contributed by atoms with Crippen molar-refractivity contribution in [2.45, 2.75) is 45.1 Å². The van der Waals surface area contributed by atoms with Crippen LogP contribution in [0.1, 0.15) is 37.3 Å². The highest BCUT2D eigenvalue weighted by molar-refractivity contribution is 5.86. The lowest BCUT2D eigenvalue weighted by Crippen LogP contribution is -2.52. The number of hydrogen-bond donors (Lipinski definition) is 3. The van der Waals surface area contributed by atoms with Crippen molar-refractivity contribution >= 4 is 23.7 Å². The molecule has 10 nitrogen and oxygen atoms in total. The molecule has 3 aliphatic heterocycles. The minimum atomic E-state index is -1.14.